The fourth-order valence-corrected chi connectivity index (χ4v) is 3.81. The minimum absolute atomic E-state index is 0.0701. The summed E-state index contributed by atoms with van der Waals surface area (Å²) >= 11 is 7.51. The van der Waals surface area contributed by atoms with Gasteiger partial charge in [-0.25, -0.2) is 4.39 Å². The highest BCUT2D eigenvalue weighted by atomic mass is 35.5. The first kappa shape index (κ1) is 22.8. The number of hydrogen-bond donors (Lipinski definition) is 1. The van der Waals surface area contributed by atoms with Crippen molar-refractivity contribution in [2.24, 2.45) is 0 Å². The zero-order chi connectivity index (χ0) is 22.1. The van der Waals surface area contributed by atoms with Crippen LogP contribution in [0.2, 0.25) is 5.02 Å². The van der Waals surface area contributed by atoms with E-state index in [9.17, 15) is 9.18 Å². The maximum atomic E-state index is 13.7. The molecule has 1 N–H and O–H groups in total. The minimum Gasteiger partial charge on any atom is -0.483 e. The largest absolute Gasteiger partial charge is 0.483 e. The minimum atomic E-state index is -0.435. The topological polar surface area (TPSA) is 69.0 Å². The van der Waals surface area contributed by atoms with Crippen LogP contribution in [0.1, 0.15) is 17.8 Å². The number of para-hydroxylation sites is 1. The second kappa shape index (κ2) is 11.5. The van der Waals surface area contributed by atoms with Gasteiger partial charge in [-0.15, -0.1) is 16.8 Å². The molecule has 2 aromatic carbocycles. The third-order valence-electron chi connectivity index (χ3n) is 4.29. The molecule has 0 unspecified atom stereocenters. The van der Waals surface area contributed by atoms with Gasteiger partial charge in [0.1, 0.15) is 6.61 Å². The van der Waals surface area contributed by atoms with E-state index in [2.05, 4.69) is 22.1 Å². The molecule has 9 heteroatoms. The number of hydrogen-bond acceptors (Lipinski definition) is 5. The van der Waals surface area contributed by atoms with E-state index in [0.717, 1.165) is 5.56 Å². The summed E-state index contributed by atoms with van der Waals surface area (Å²) in [5, 5.41) is 12.5. The van der Waals surface area contributed by atoms with Crippen LogP contribution < -0.4 is 10.1 Å². The van der Waals surface area contributed by atoms with Gasteiger partial charge in [-0.3, -0.25) is 9.36 Å². The number of carbonyl (C=O) groups excluding carboxylic acids is 1. The van der Waals surface area contributed by atoms with E-state index in [0.29, 0.717) is 41.3 Å². The fraction of sp³-hybridized carbons (Fsp3) is 0.227. The summed E-state index contributed by atoms with van der Waals surface area (Å²) in [5.41, 5.74) is 0.871. The molecule has 6 nitrogen and oxygen atoms in total. The molecule has 0 fully saturated rings. The smallest absolute Gasteiger partial charge is 0.221 e. The Balaban J connectivity index is 1.51. The van der Waals surface area contributed by atoms with Crippen molar-refractivity contribution in [3.05, 3.63) is 83.4 Å². The lowest BCUT2D eigenvalue weighted by Crippen LogP contribution is -2.23. The zero-order valence-corrected chi connectivity index (χ0v) is 18.3. The molecule has 0 atom stereocenters. The molecule has 0 saturated carbocycles. The zero-order valence-electron chi connectivity index (χ0n) is 16.8. The molecule has 0 spiro atoms. The van der Waals surface area contributed by atoms with Crippen molar-refractivity contribution in [2.75, 3.05) is 5.75 Å². The highest BCUT2D eigenvalue weighted by molar-refractivity contribution is 7.99. The van der Waals surface area contributed by atoms with Crippen LogP contribution in [0.4, 0.5) is 4.39 Å². The number of thioether (sulfide) groups is 1. The van der Waals surface area contributed by atoms with Gasteiger partial charge in [0.2, 0.25) is 5.91 Å². The first-order valence-corrected chi connectivity index (χ1v) is 11.0. The van der Waals surface area contributed by atoms with Crippen molar-refractivity contribution >= 4 is 29.3 Å². The second-order valence-electron chi connectivity index (χ2n) is 6.48. The number of carbonyl (C=O) groups is 1. The average molecular weight is 461 g/mol. The van der Waals surface area contributed by atoms with Crippen molar-refractivity contribution < 1.29 is 13.9 Å². The van der Waals surface area contributed by atoms with Crippen LogP contribution in [-0.2, 0) is 24.5 Å². The van der Waals surface area contributed by atoms with Crippen LogP contribution in [0.3, 0.4) is 0 Å². The number of nitrogens with one attached hydrogen (secondary N) is 1. The molecule has 0 bridgehead atoms. The highest BCUT2D eigenvalue weighted by Crippen LogP contribution is 2.21. The number of nitrogens with zero attached hydrogens (tertiary/aromatic N) is 3. The van der Waals surface area contributed by atoms with E-state index in [4.69, 9.17) is 16.3 Å². The Bertz CT molecular complexity index is 1040. The first-order valence-electron chi connectivity index (χ1n) is 9.61. The molecule has 0 aliphatic carbocycles. The monoisotopic (exact) mass is 460 g/mol. The lowest BCUT2D eigenvalue weighted by atomic mass is 10.2. The van der Waals surface area contributed by atoms with Gasteiger partial charge in [0.25, 0.3) is 0 Å². The number of amides is 1. The molecule has 0 aliphatic rings. The molecule has 3 aromatic rings. The Labute approximate surface area is 189 Å². The number of benzene rings is 2. The van der Waals surface area contributed by atoms with Gasteiger partial charge in [0, 0.05) is 30.3 Å². The molecule has 1 amide bonds. The summed E-state index contributed by atoms with van der Waals surface area (Å²) < 4.78 is 21.1. The molecule has 3 rings (SSSR count). The summed E-state index contributed by atoms with van der Waals surface area (Å²) in [5.74, 6) is 0.714. The van der Waals surface area contributed by atoms with E-state index in [1.807, 2.05) is 22.8 Å². The summed E-state index contributed by atoms with van der Waals surface area (Å²) in [4.78, 5) is 12.1. The van der Waals surface area contributed by atoms with Crippen LogP contribution in [-0.4, -0.2) is 26.4 Å². The molecule has 0 aliphatic heterocycles. The van der Waals surface area contributed by atoms with E-state index in [1.165, 1.54) is 17.8 Å². The number of aromatic nitrogens is 3. The van der Waals surface area contributed by atoms with Gasteiger partial charge in [-0.05, 0) is 23.8 Å². The predicted octanol–water partition coefficient (Wildman–Crippen LogP) is 4.63. The van der Waals surface area contributed by atoms with Gasteiger partial charge in [-0.2, -0.15) is 0 Å². The van der Waals surface area contributed by atoms with Crippen molar-refractivity contribution in [3.63, 3.8) is 0 Å². The van der Waals surface area contributed by atoms with Crippen LogP contribution in [0.5, 0.6) is 5.75 Å². The molecular formula is C22H22ClFN4O2S. The normalized spacial score (nSPS) is 10.6. The van der Waals surface area contributed by atoms with Gasteiger partial charge in [0.15, 0.2) is 22.5 Å². The number of rotatable bonds is 11. The Kier molecular flexibility index (Phi) is 8.49. The maximum absolute atomic E-state index is 13.7. The molecule has 0 radical (unpaired) electrons. The Morgan fingerprint density at radius 3 is 2.77 bits per heavy atom. The lowest BCUT2D eigenvalue weighted by molar-refractivity contribution is -0.120. The number of allylic oxidation sites excluding steroid dienone is 1. The molecule has 1 aromatic heterocycles. The van der Waals surface area contributed by atoms with Gasteiger partial charge < -0.3 is 10.1 Å². The van der Waals surface area contributed by atoms with E-state index >= 15 is 0 Å². The molecule has 0 saturated heterocycles. The number of ether oxygens (including phenoxy) is 1. The highest BCUT2D eigenvalue weighted by Gasteiger charge is 2.14. The summed E-state index contributed by atoms with van der Waals surface area (Å²) in [7, 11) is 0. The molecular weight excluding hydrogens is 439 g/mol. The predicted molar refractivity (Wildman–Crippen MR) is 120 cm³/mol. The summed E-state index contributed by atoms with van der Waals surface area (Å²) in [6.45, 7) is 4.69. The quantitative estimate of drug-likeness (QED) is 0.333. The van der Waals surface area contributed by atoms with Crippen LogP contribution >= 0.6 is 23.4 Å². The third kappa shape index (κ3) is 6.57. The third-order valence-corrected chi connectivity index (χ3v) is 5.63. The average Bonchev–Trinajstić information content (AvgIpc) is 3.14. The van der Waals surface area contributed by atoms with Crippen molar-refractivity contribution in [1.82, 2.24) is 20.1 Å². The Hall–Kier alpha value is -2.84. The van der Waals surface area contributed by atoms with Gasteiger partial charge >= 0.3 is 0 Å². The summed E-state index contributed by atoms with van der Waals surface area (Å²) in [6, 6.07) is 13.6. The van der Waals surface area contributed by atoms with Crippen molar-refractivity contribution in [1.29, 1.82) is 0 Å². The van der Waals surface area contributed by atoms with Crippen LogP contribution in [0.15, 0.2) is 66.3 Å². The van der Waals surface area contributed by atoms with Crippen molar-refractivity contribution in [2.45, 2.75) is 31.3 Å². The SMILES string of the molecule is C=CCn1c(COc2ccccc2F)nnc1SCCC(=O)NCc1ccccc1Cl. The molecule has 162 valence electrons. The summed E-state index contributed by atoms with van der Waals surface area (Å²) in [6.07, 6.45) is 2.04. The fourth-order valence-electron chi connectivity index (χ4n) is 2.71. The lowest BCUT2D eigenvalue weighted by Gasteiger charge is -2.10. The van der Waals surface area contributed by atoms with Crippen LogP contribution in [0.25, 0.3) is 0 Å². The second-order valence-corrected chi connectivity index (χ2v) is 7.95. The molecule has 1 heterocycles. The standard InChI is InChI=1S/C22H22ClFN4O2S/c1-2-12-28-20(15-30-19-10-6-5-9-18(19)24)26-27-22(28)31-13-11-21(29)25-14-16-7-3-4-8-17(16)23/h2-10H,1,11-15H2,(H,25,29). The van der Waals surface area contributed by atoms with Gasteiger partial charge in [-0.1, -0.05) is 59.8 Å². The number of halogens is 2. The Morgan fingerprint density at radius 1 is 1.23 bits per heavy atom. The van der Waals surface area contributed by atoms with E-state index in [-0.39, 0.29) is 18.3 Å². The molecule has 31 heavy (non-hydrogen) atoms. The van der Waals surface area contributed by atoms with Crippen LogP contribution in [0, 0.1) is 5.82 Å². The van der Waals surface area contributed by atoms with Gasteiger partial charge in [0.05, 0.1) is 0 Å². The Morgan fingerprint density at radius 2 is 2.00 bits per heavy atom. The van der Waals surface area contributed by atoms with Crippen molar-refractivity contribution in [3.8, 4) is 5.75 Å². The maximum Gasteiger partial charge on any atom is 0.221 e. The van der Waals surface area contributed by atoms with E-state index < -0.39 is 5.82 Å². The first-order chi connectivity index (χ1) is 15.1. The van der Waals surface area contributed by atoms with E-state index in [1.54, 1.807) is 30.3 Å².